The quantitative estimate of drug-likeness (QED) is 0.309. The van der Waals surface area contributed by atoms with Gasteiger partial charge in [0.25, 0.3) is 11.7 Å². The molecule has 1 heterocycles. The first-order valence-corrected chi connectivity index (χ1v) is 12.1. The number of ether oxygens (including phenoxy) is 1. The molecule has 182 valence electrons. The summed E-state index contributed by atoms with van der Waals surface area (Å²) in [6.07, 6.45) is 0.897. The predicted octanol–water partition coefficient (Wildman–Crippen LogP) is 4.86. The summed E-state index contributed by atoms with van der Waals surface area (Å²) in [4.78, 5) is 30.2. The summed E-state index contributed by atoms with van der Waals surface area (Å²) in [6.45, 7) is 13.4. The fourth-order valence-electron chi connectivity index (χ4n) is 4.35. The zero-order valence-corrected chi connectivity index (χ0v) is 20.9. The molecule has 1 fully saturated rings. The lowest BCUT2D eigenvalue weighted by Gasteiger charge is -2.28. The molecule has 1 aliphatic rings. The number of aliphatic hydroxyl groups is 1. The van der Waals surface area contributed by atoms with Crippen LogP contribution in [0.1, 0.15) is 55.5 Å². The van der Waals surface area contributed by atoms with E-state index in [0.717, 1.165) is 36.2 Å². The maximum absolute atomic E-state index is 13.2. The number of carbonyl (C=O) groups is 2. The predicted molar refractivity (Wildman–Crippen MR) is 135 cm³/mol. The van der Waals surface area contributed by atoms with Gasteiger partial charge in [-0.15, -0.1) is 0 Å². The summed E-state index contributed by atoms with van der Waals surface area (Å²) in [5.74, 6) is -0.646. The molecule has 34 heavy (non-hydrogen) atoms. The standard InChI is InChI=1S/C28H36N2O4/c1-6-17-34-22-13-14-23(20(5)18-22)26(31)24-25(21-11-9-19(4)10-12-21)30(28(33)27(24)32)16-15-29(7-2)8-3/h9-14,18,25,31H,6-8,15-17H2,1-5H3/t25-/m1/s1. The SMILES string of the molecule is CCCOc1ccc(C(O)=C2C(=O)C(=O)N(CCN(CC)CC)[C@@H]2c2ccc(C)cc2)c(C)c1. The third-order valence-electron chi connectivity index (χ3n) is 6.41. The van der Waals surface area contributed by atoms with Gasteiger partial charge in [-0.25, -0.2) is 0 Å². The molecule has 2 aromatic rings. The van der Waals surface area contributed by atoms with Gasteiger partial charge < -0.3 is 19.6 Å². The van der Waals surface area contributed by atoms with Crippen LogP contribution in [0.25, 0.3) is 5.76 Å². The summed E-state index contributed by atoms with van der Waals surface area (Å²) in [6, 6.07) is 12.5. The van der Waals surface area contributed by atoms with Crippen molar-refractivity contribution >= 4 is 17.4 Å². The molecule has 1 N–H and O–H groups in total. The van der Waals surface area contributed by atoms with Crippen LogP contribution in [0.5, 0.6) is 5.75 Å². The number of aryl methyl sites for hydroxylation is 2. The fraction of sp³-hybridized carbons (Fsp3) is 0.429. The van der Waals surface area contributed by atoms with Gasteiger partial charge >= 0.3 is 0 Å². The first-order valence-electron chi connectivity index (χ1n) is 12.1. The highest BCUT2D eigenvalue weighted by Gasteiger charge is 2.46. The van der Waals surface area contributed by atoms with Crippen molar-refractivity contribution in [2.45, 2.75) is 47.1 Å². The Hall–Kier alpha value is -3.12. The number of hydrogen-bond donors (Lipinski definition) is 1. The summed E-state index contributed by atoms with van der Waals surface area (Å²) in [5.41, 5.74) is 3.35. The Balaban J connectivity index is 2.07. The molecule has 2 aromatic carbocycles. The second-order valence-electron chi connectivity index (χ2n) is 8.76. The zero-order valence-electron chi connectivity index (χ0n) is 20.9. The molecule has 6 heteroatoms. The van der Waals surface area contributed by atoms with E-state index in [4.69, 9.17) is 4.74 Å². The van der Waals surface area contributed by atoms with Gasteiger partial charge in [-0.2, -0.15) is 0 Å². The number of hydrogen-bond acceptors (Lipinski definition) is 5. The zero-order chi connectivity index (χ0) is 24.8. The molecule has 0 aromatic heterocycles. The molecule has 0 aliphatic carbocycles. The van der Waals surface area contributed by atoms with E-state index in [0.29, 0.717) is 31.0 Å². The van der Waals surface area contributed by atoms with Crippen LogP contribution in [0.3, 0.4) is 0 Å². The van der Waals surface area contributed by atoms with Gasteiger partial charge in [0.1, 0.15) is 11.5 Å². The molecule has 0 radical (unpaired) electrons. The molecule has 6 nitrogen and oxygen atoms in total. The second-order valence-corrected chi connectivity index (χ2v) is 8.76. The highest BCUT2D eigenvalue weighted by atomic mass is 16.5. The van der Waals surface area contributed by atoms with Gasteiger partial charge in [-0.05, 0) is 62.7 Å². The summed E-state index contributed by atoms with van der Waals surface area (Å²) >= 11 is 0. The van der Waals surface area contributed by atoms with Crippen LogP contribution in [0.15, 0.2) is 48.0 Å². The van der Waals surface area contributed by atoms with E-state index >= 15 is 0 Å². The average Bonchev–Trinajstić information content (AvgIpc) is 3.08. The number of Topliss-reactive ketones (excluding diaryl/α,β-unsaturated/α-hetero) is 1. The van der Waals surface area contributed by atoms with Crippen molar-refractivity contribution in [3.05, 3.63) is 70.3 Å². The van der Waals surface area contributed by atoms with Gasteiger partial charge in [0.2, 0.25) is 0 Å². The third kappa shape index (κ3) is 5.33. The van der Waals surface area contributed by atoms with Crippen molar-refractivity contribution in [1.29, 1.82) is 0 Å². The molecule has 3 rings (SSSR count). The molecule has 0 spiro atoms. The van der Waals surface area contributed by atoms with Crippen LogP contribution in [-0.4, -0.2) is 59.4 Å². The fourth-order valence-corrected chi connectivity index (χ4v) is 4.35. The topological polar surface area (TPSA) is 70.1 Å². The summed E-state index contributed by atoms with van der Waals surface area (Å²) < 4.78 is 5.70. The van der Waals surface area contributed by atoms with Crippen molar-refractivity contribution in [1.82, 2.24) is 9.80 Å². The van der Waals surface area contributed by atoms with Crippen molar-refractivity contribution < 1.29 is 19.4 Å². The van der Waals surface area contributed by atoms with Crippen LogP contribution >= 0.6 is 0 Å². The van der Waals surface area contributed by atoms with Crippen LogP contribution in [0.2, 0.25) is 0 Å². The van der Waals surface area contributed by atoms with Crippen molar-refractivity contribution in [2.24, 2.45) is 0 Å². The molecule has 1 atom stereocenters. The van der Waals surface area contributed by atoms with E-state index in [2.05, 4.69) is 18.7 Å². The van der Waals surface area contributed by atoms with Crippen molar-refractivity contribution in [2.75, 3.05) is 32.8 Å². The Morgan fingerprint density at radius 2 is 1.71 bits per heavy atom. The molecule has 1 saturated heterocycles. The highest BCUT2D eigenvalue weighted by molar-refractivity contribution is 6.46. The smallest absolute Gasteiger partial charge is 0.295 e. The van der Waals surface area contributed by atoms with E-state index in [1.54, 1.807) is 17.0 Å². The van der Waals surface area contributed by atoms with E-state index < -0.39 is 17.7 Å². The number of aliphatic hydroxyl groups excluding tert-OH is 1. The Bertz CT molecular complexity index is 1050. The monoisotopic (exact) mass is 464 g/mol. The second kappa shape index (κ2) is 11.3. The van der Waals surface area contributed by atoms with Gasteiger partial charge in [-0.3, -0.25) is 9.59 Å². The Labute approximate surface area is 202 Å². The van der Waals surface area contributed by atoms with Gasteiger partial charge in [0.05, 0.1) is 18.2 Å². The largest absolute Gasteiger partial charge is 0.507 e. The molecular formula is C28H36N2O4. The first kappa shape index (κ1) is 25.5. The molecular weight excluding hydrogens is 428 g/mol. The van der Waals surface area contributed by atoms with Crippen LogP contribution in [-0.2, 0) is 9.59 Å². The number of nitrogens with zero attached hydrogens (tertiary/aromatic N) is 2. The van der Waals surface area contributed by atoms with Crippen LogP contribution < -0.4 is 4.74 Å². The van der Waals surface area contributed by atoms with Crippen LogP contribution in [0, 0.1) is 13.8 Å². The first-order chi connectivity index (χ1) is 16.3. The Morgan fingerprint density at radius 1 is 1.03 bits per heavy atom. The maximum atomic E-state index is 13.2. The van der Waals surface area contributed by atoms with E-state index in [1.807, 2.05) is 51.1 Å². The lowest BCUT2D eigenvalue weighted by molar-refractivity contribution is -0.140. The number of amides is 1. The number of likely N-dealkylation sites (N-methyl/N-ethyl adjacent to an activating group) is 1. The maximum Gasteiger partial charge on any atom is 0.295 e. The highest BCUT2D eigenvalue weighted by Crippen LogP contribution is 2.40. The number of benzene rings is 2. The number of carbonyl (C=O) groups excluding carboxylic acids is 2. The number of rotatable bonds is 10. The molecule has 0 bridgehead atoms. The number of ketones is 1. The molecule has 1 amide bonds. The van der Waals surface area contributed by atoms with E-state index in [9.17, 15) is 14.7 Å². The normalized spacial score (nSPS) is 17.6. The summed E-state index contributed by atoms with van der Waals surface area (Å²) in [7, 11) is 0. The minimum Gasteiger partial charge on any atom is -0.507 e. The van der Waals surface area contributed by atoms with Gasteiger partial charge in [-0.1, -0.05) is 50.6 Å². The van der Waals surface area contributed by atoms with E-state index in [1.165, 1.54) is 0 Å². The Morgan fingerprint density at radius 3 is 2.29 bits per heavy atom. The lowest BCUT2D eigenvalue weighted by Crippen LogP contribution is -2.38. The third-order valence-corrected chi connectivity index (χ3v) is 6.41. The van der Waals surface area contributed by atoms with Crippen molar-refractivity contribution in [3.63, 3.8) is 0 Å². The minimum absolute atomic E-state index is 0.138. The van der Waals surface area contributed by atoms with E-state index in [-0.39, 0.29) is 11.3 Å². The summed E-state index contributed by atoms with van der Waals surface area (Å²) in [5, 5.41) is 11.4. The lowest BCUT2D eigenvalue weighted by atomic mass is 9.93. The van der Waals surface area contributed by atoms with Crippen LogP contribution in [0.4, 0.5) is 0 Å². The average molecular weight is 465 g/mol. The molecule has 0 unspecified atom stereocenters. The van der Waals surface area contributed by atoms with Gasteiger partial charge in [0.15, 0.2) is 0 Å². The van der Waals surface area contributed by atoms with Gasteiger partial charge in [0, 0.05) is 18.7 Å². The number of likely N-dealkylation sites (tertiary alicyclic amines) is 1. The van der Waals surface area contributed by atoms with Crippen molar-refractivity contribution in [3.8, 4) is 5.75 Å². The molecule has 1 aliphatic heterocycles. The minimum atomic E-state index is -0.645. The molecule has 0 saturated carbocycles. The Kier molecular flexibility index (Phi) is 8.51.